The summed E-state index contributed by atoms with van der Waals surface area (Å²) in [5.41, 5.74) is 5.84. The van der Waals surface area contributed by atoms with Gasteiger partial charge < -0.3 is 14.2 Å². The maximum Gasteiger partial charge on any atom is 0.277 e. The molecule has 0 aliphatic carbocycles. The molecule has 0 saturated carbocycles. The number of amides is 1. The molecule has 202 valence electrons. The van der Waals surface area contributed by atoms with Gasteiger partial charge in [0.25, 0.3) is 5.91 Å². The molecule has 8 nitrogen and oxygen atoms in total. The zero-order chi connectivity index (χ0) is 27.3. The number of para-hydroxylation sites is 1. The van der Waals surface area contributed by atoms with Gasteiger partial charge in [0, 0.05) is 17.3 Å². The molecule has 0 spiro atoms. The first-order valence-electron chi connectivity index (χ1n) is 13.2. The number of unbranched alkanes of at least 4 members (excludes halogenated alkanes) is 1. The van der Waals surface area contributed by atoms with Crippen molar-refractivity contribution in [2.24, 2.45) is 5.10 Å². The Hall–Kier alpha value is -4.59. The van der Waals surface area contributed by atoms with E-state index in [1.54, 1.807) is 23.0 Å². The molecule has 0 aliphatic rings. The van der Waals surface area contributed by atoms with Gasteiger partial charge in [0.2, 0.25) is 0 Å². The third-order valence-corrected chi connectivity index (χ3v) is 5.72. The number of rotatable bonds is 14. The molecule has 4 rings (SSSR count). The molecular weight excluding hydrogens is 492 g/mol. The van der Waals surface area contributed by atoms with Crippen LogP contribution in [-0.2, 0) is 4.79 Å². The van der Waals surface area contributed by atoms with E-state index in [1.807, 2.05) is 72.9 Å². The maximum atomic E-state index is 12.3. The summed E-state index contributed by atoms with van der Waals surface area (Å²) in [5.74, 6) is 1.79. The van der Waals surface area contributed by atoms with Crippen LogP contribution in [0, 0.1) is 0 Å². The van der Waals surface area contributed by atoms with Gasteiger partial charge in [0.15, 0.2) is 6.61 Å². The maximum absolute atomic E-state index is 12.3. The van der Waals surface area contributed by atoms with Crippen LogP contribution in [0.1, 0.15) is 38.7 Å². The first-order valence-corrected chi connectivity index (χ1v) is 13.2. The Morgan fingerprint density at radius 3 is 2.15 bits per heavy atom. The molecule has 1 N–H and O–H groups in total. The van der Waals surface area contributed by atoms with Crippen molar-refractivity contribution in [2.75, 3.05) is 19.8 Å². The van der Waals surface area contributed by atoms with E-state index >= 15 is 0 Å². The zero-order valence-corrected chi connectivity index (χ0v) is 22.4. The molecule has 0 fully saturated rings. The summed E-state index contributed by atoms with van der Waals surface area (Å²) in [4.78, 5) is 12.3. The fourth-order valence-corrected chi connectivity index (χ4v) is 3.67. The lowest BCUT2D eigenvalue weighted by Gasteiger charge is -2.08. The number of hydrogen-bond acceptors (Lipinski definition) is 6. The van der Waals surface area contributed by atoms with Crippen LogP contribution in [-0.4, -0.2) is 41.7 Å². The van der Waals surface area contributed by atoms with Crippen molar-refractivity contribution >= 4 is 12.1 Å². The van der Waals surface area contributed by atoms with E-state index in [1.165, 1.54) is 0 Å². The number of hydrazone groups is 1. The van der Waals surface area contributed by atoms with Gasteiger partial charge >= 0.3 is 0 Å². The lowest BCUT2D eigenvalue weighted by Crippen LogP contribution is -2.24. The molecule has 0 radical (unpaired) electrons. The second-order valence-electron chi connectivity index (χ2n) is 8.84. The molecule has 0 saturated heterocycles. The van der Waals surface area contributed by atoms with Gasteiger partial charge in [0.1, 0.15) is 22.9 Å². The molecular formula is C31H34N4O4. The standard InChI is InChI=1S/C31H34N4O4/c1-3-5-20-38-28-15-17-29(18-16-28)39-23-30(36)33-32-21-25-22-35(26-9-7-6-8-10-26)34-31(25)24-11-13-27(14-12-24)37-19-4-2/h6-18,21-22H,3-5,19-20,23H2,1-2H3,(H,33,36)/b32-21+. The van der Waals surface area contributed by atoms with Crippen molar-refractivity contribution in [3.63, 3.8) is 0 Å². The van der Waals surface area contributed by atoms with Crippen molar-refractivity contribution < 1.29 is 19.0 Å². The first kappa shape index (κ1) is 27.4. The summed E-state index contributed by atoms with van der Waals surface area (Å²) in [6, 6.07) is 24.8. The van der Waals surface area contributed by atoms with Gasteiger partial charge in [-0.05, 0) is 73.5 Å². The Morgan fingerprint density at radius 2 is 1.49 bits per heavy atom. The molecule has 4 aromatic rings. The highest BCUT2D eigenvalue weighted by Gasteiger charge is 2.12. The topological polar surface area (TPSA) is 87.0 Å². The highest BCUT2D eigenvalue weighted by molar-refractivity contribution is 5.89. The number of benzene rings is 3. The smallest absolute Gasteiger partial charge is 0.277 e. The van der Waals surface area contributed by atoms with Crippen LogP contribution in [0.15, 0.2) is 90.2 Å². The minimum Gasteiger partial charge on any atom is -0.494 e. The second-order valence-corrected chi connectivity index (χ2v) is 8.84. The van der Waals surface area contributed by atoms with Gasteiger partial charge in [-0.2, -0.15) is 10.2 Å². The summed E-state index contributed by atoms with van der Waals surface area (Å²) in [7, 11) is 0. The van der Waals surface area contributed by atoms with E-state index in [0.717, 1.165) is 53.3 Å². The fraction of sp³-hybridized carbons (Fsp3) is 0.258. The van der Waals surface area contributed by atoms with Gasteiger partial charge in [0.05, 0.1) is 25.1 Å². The molecule has 1 heterocycles. The predicted molar refractivity (Wildman–Crippen MR) is 153 cm³/mol. The van der Waals surface area contributed by atoms with Crippen LogP contribution < -0.4 is 19.6 Å². The number of hydrogen-bond donors (Lipinski definition) is 1. The van der Waals surface area contributed by atoms with Crippen molar-refractivity contribution in [1.82, 2.24) is 15.2 Å². The van der Waals surface area contributed by atoms with E-state index < -0.39 is 0 Å². The average molecular weight is 527 g/mol. The number of carbonyl (C=O) groups excluding carboxylic acids is 1. The van der Waals surface area contributed by atoms with E-state index in [0.29, 0.717) is 19.0 Å². The third-order valence-electron chi connectivity index (χ3n) is 5.72. The Labute approximate surface area is 229 Å². The van der Waals surface area contributed by atoms with Crippen LogP contribution >= 0.6 is 0 Å². The first-order chi connectivity index (χ1) is 19.2. The van der Waals surface area contributed by atoms with Crippen LogP contribution in [0.2, 0.25) is 0 Å². The fourth-order valence-electron chi connectivity index (χ4n) is 3.67. The molecule has 8 heteroatoms. The average Bonchev–Trinajstić information content (AvgIpc) is 3.40. The summed E-state index contributed by atoms with van der Waals surface area (Å²) >= 11 is 0. The molecule has 1 aromatic heterocycles. The SMILES string of the molecule is CCCCOc1ccc(OCC(=O)N/N=C/c2cn(-c3ccccc3)nc2-c2ccc(OCCC)cc2)cc1. The van der Waals surface area contributed by atoms with Crippen molar-refractivity contribution in [1.29, 1.82) is 0 Å². The molecule has 0 bridgehead atoms. The highest BCUT2D eigenvalue weighted by atomic mass is 16.5. The number of carbonyl (C=O) groups is 1. The summed E-state index contributed by atoms with van der Waals surface area (Å²) < 4.78 is 18.7. The Kier molecular flexibility index (Phi) is 10.1. The summed E-state index contributed by atoms with van der Waals surface area (Å²) in [5, 5.41) is 8.94. The van der Waals surface area contributed by atoms with Crippen LogP contribution in [0.5, 0.6) is 17.2 Å². The largest absolute Gasteiger partial charge is 0.494 e. The highest BCUT2D eigenvalue weighted by Crippen LogP contribution is 2.25. The minimum atomic E-state index is -0.371. The zero-order valence-electron chi connectivity index (χ0n) is 22.4. The van der Waals surface area contributed by atoms with Crippen molar-refractivity contribution in [3.8, 4) is 34.2 Å². The molecule has 0 atom stereocenters. The quantitative estimate of drug-likeness (QED) is 0.123. The number of nitrogens with zero attached hydrogens (tertiary/aromatic N) is 3. The molecule has 0 aliphatic heterocycles. The summed E-state index contributed by atoms with van der Waals surface area (Å²) in [6.07, 6.45) is 6.50. The van der Waals surface area contributed by atoms with E-state index in [-0.39, 0.29) is 12.5 Å². The Morgan fingerprint density at radius 1 is 0.846 bits per heavy atom. The second kappa shape index (κ2) is 14.4. The lowest BCUT2D eigenvalue weighted by atomic mass is 10.1. The van der Waals surface area contributed by atoms with Gasteiger partial charge in [-0.1, -0.05) is 38.5 Å². The van der Waals surface area contributed by atoms with Gasteiger partial charge in [-0.25, -0.2) is 10.1 Å². The summed E-state index contributed by atoms with van der Waals surface area (Å²) in [6.45, 7) is 5.38. The number of ether oxygens (including phenoxy) is 3. The van der Waals surface area contributed by atoms with E-state index in [2.05, 4.69) is 24.4 Å². The van der Waals surface area contributed by atoms with E-state index in [9.17, 15) is 4.79 Å². The molecule has 39 heavy (non-hydrogen) atoms. The Bertz CT molecular complexity index is 1330. The normalized spacial score (nSPS) is 10.9. The minimum absolute atomic E-state index is 0.164. The van der Waals surface area contributed by atoms with Crippen LogP contribution in [0.3, 0.4) is 0 Å². The van der Waals surface area contributed by atoms with E-state index in [4.69, 9.17) is 19.3 Å². The monoisotopic (exact) mass is 526 g/mol. The number of aromatic nitrogens is 2. The van der Waals surface area contributed by atoms with Gasteiger partial charge in [-0.15, -0.1) is 0 Å². The Balaban J connectivity index is 1.40. The molecule has 0 unspecified atom stereocenters. The number of nitrogens with one attached hydrogen (secondary N) is 1. The van der Waals surface area contributed by atoms with Crippen molar-refractivity contribution in [2.45, 2.75) is 33.1 Å². The molecule has 1 amide bonds. The third kappa shape index (κ3) is 8.20. The lowest BCUT2D eigenvalue weighted by molar-refractivity contribution is -0.123. The van der Waals surface area contributed by atoms with Crippen molar-refractivity contribution in [3.05, 3.63) is 90.6 Å². The molecule has 3 aromatic carbocycles. The predicted octanol–water partition coefficient (Wildman–Crippen LogP) is 6.04. The van der Waals surface area contributed by atoms with Crippen LogP contribution in [0.4, 0.5) is 0 Å². The van der Waals surface area contributed by atoms with Gasteiger partial charge in [-0.3, -0.25) is 4.79 Å². The van der Waals surface area contributed by atoms with Crippen LogP contribution in [0.25, 0.3) is 16.9 Å².